The van der Waals surface area contributed by atoms with Crippen molar-refractivity contribution in [2.24, 2.45) is 5.92 Å². The lowest BCUT2D eigenvalue weighted by Crippen LogP contribution is -2.38. The van der Waals surface area contributed by atoms with Crippen LogP contribution in [-0.4, -0.2) is 28.9 Å². The number of benzene rings is 1. The molecule has 0 spiro atoms. The number of aromatic nitrogens is 1. The van der Waals surface area contributed by atoms with E-state index in [9.17, 15) is 4.79 Å². The van der Waals surface area contributed by atoms with Crippen LogP contribution in [0.4, 0.5) is 5.69 Å². The molecule has 2 N–H and O–H groups in total. The molecule has 0 bridgehead atoms. The number of carbonyl (C=O) groups excluding carboxylic acids is 1. The number of thiophene rings is 1. The Morgan fingerprint density at radius 1 is 1.42 bits per heavy atom. The molecule has 1 fully saturated rings. The van der Waals surface area contributed by atoms with Crippen LogP contribution in [0.2, 0.25) is 0 Å². The first-order chi connectivity index (χ1) is 11.5. The minimum atomic E-state index is 0.0582. The van der Waals surface area contributed by atoms with Crippen LogP contribution in [-0.2, 0) is 0 Å². The number of piperidine rings is 1. The molecule has 1 atom stereocenters. The SMILES string of the molecule is Cc1cccc2cc3c(N)c(C(=O)N4CCC[C@@H](C)C4)sc3nc12. The fourth-order valence-electron chi connectivity index (χ4n) is 3.55. The highest BCUT2D eigenvalue weighted by atomic mass is 32.1. The van der Waals surface area contributed by atoms with Gasteiger partial charge >= 0.3 is 0 Å². The maximum absolute atomic E-state index is 12.9. The summed E-state index contributed by atoms with van der Waals surface area (Å²) in [6.45, 7) is 5.90. The van der Waals surface area contributed by atoms with Crippen molar-refractivity contribution >= 4 is 44.1 Å². The van der Waals surface area contributed by atoms with Crippen molar-refractivity contribution in [1.82, 2.24) is 9.88 Å². The number of likely N-dealkylation sites (tertiary alicyclic amines) is 1. The maximum atomic E-state index is 12.9. The third-order valence-electron chi connectivity index (χ3n) is 4.88. The second-order valence-corrected chi connectivity index (χ2v) is 7.83. The summed E-state index contributed by atoms with van der Waals surface area (Å²) in [6.07, 6.45) is 2.26. The molecular weight excluding hydrogens is 318 g/mol. The molecular formula is C19H21N3OS. The summed E-state index contributed by atoms with van der Waals surface area (Å²) in [6, 6.07) is 8.18. The number of fused-ring (bicyclic) bond motifs is 2. The van der Waals surface area contributed by atoms with Crippen molar-refractivity contribution < 1.29 is 4.79 Å². The Morgan fingerprint density at radius 2 is 2.25 bits per heavy atom. The predicted octanol–water partition coefficient (Wildman–Crippen LogP) is 4.21. The minimum absolute atomic E-state index is 0.0582. The van der Waals surface area contributed by atoms with Crippen LogP contribution in [0.25, 0.3) is 21.1 Å². The molecule has 1 aliphatic heterocycles. The second-order valence-electron chi connectivity index (χ2n) is 6.83. The van der Waals surface area contributed by atoms with E-state index >= 15 is 0 Å². The Hall–Kier alpha value is -2.14. The number of nitrogen functional groups attached to an aromatic ring is 1. The molecule has 0 aliphatic carbocycles. The van der Waals surface area contributed by atoms with Crippen LogP contribution in [0.1, 0.15) is 35.0 Å². The fraction of sp³-hybridized carbons (Fsp3) is 0.368. The van der Waals surface area contributed by atoms with Crippen LogP contribution >= 0.6 is 11.3 Å². The van der Waals surface area contributed by atoms with E-state index in [1.54, 1.807) is 0 Å². The summed E-state index contributed by atoms with van der Waals surface area (Å²) < 4.78 is 0. The van der Waals surface area contributed by atoms with E-state index in [0.717, 1.165) is 46.2 Å². The average molecular weight is 339 g/mol. The maximum Gasteiger partial charge on any atom is 0.266 e. The Balaban J connectivity index is 1.81. The fourth-order valence-corrected chi connectivity index (χ4v) is 4.60. The third-order valence-corrected chi connectivity index (χ3v) is 5.99. The number of nitrogens with zero attached hydrogens (tertiary/aromatic N) is 2. The molecule has 4 nitrogen and oxygen atoms in total. The molecule has 2 aromatic heterocycles. The highest BCUT2D eigenvalue weighted by molar-refractivity contribution is 7.21. The molecule has 3 aromatic rings. The predicted molar refractivity (Wildman–Crippen MR) is 101 cm³/mol. The van der Waals surface area contributed by atoms with Gasteiger partial charge in [0, 0.05) is 23.9 Å². The molecule has 124 valence electrons. The van der Waals surface area contributed by atoms with Gasteiger partial charge < -0.3 is 10.6 Å². The standard InChI is InChI=1S/C19H21N3OS/c1-11-5-4-8-22(10-11)19(23)17-15(20)14-9-13-7-3-6-12(2)16(13)21-18(14)24-17/h3,6-7,9,11H,4-5,8,10,20H2,1-2H3/t11-/m1/s1. The minimum Gasteiger partial charge on any atom is -0.397 e. The number of pyridine rings is 1. The summed E-state index contributed by atoms with van der Waals surface area (Å²) >= 11 is 1.42. The first-order valence-electron chi connectivity index (χ1n) is 8.42. The number of amides is 1. The van der Waals surface area contributed by atoms with Crippen molar-refractivity contribution in [1.29, 1.82) is 0 Å². The highest BCUT2D eigenvalue weighted by Gasteiger charge is 2.26. The van der Waals surface area contributed by atoms with Gasteiger partial charge in [-0.25, -0.2) is 4.98 Å². The zero-order valence-corrected chi connectivity index (χ0v) is 14.8. The number of hydrogen-bond acceptors (Lipinski definition) is 4. The molecule has 1 aliphatic rings. The monoisotopic (exact) mass is 339 g/mol. The largest absolute Gasteiger partial charge is 0.397 e. The summed E-state index contributed by atoms with van der Waals surface area (Å²) in [7, 11) is 0. The van der Waals surface area contributed by atoms with Crippen LogP contribution in [0, 0.1) is 12.8 Å². The number of rotatable bonds is 1. The van der Waals surface area contributed by atoms with E-state index < -0.39 is 0 Å². The van der Waals surface area contributed by atoms with Gasteiger partial charge in [-0.3, -0.25) is 4.79 Å². The summed E-state index contributed by atoms with van der Waals surface area (Å²) in [5.41, 5.74) is 9.03. The van der Waals surface area contributed by atoms with Gasteiger partial charge in [-0.1, -0.05) is 25.1 Å². The molecule has 0 radical (unpaired) electrons. The summed E-state index contributed by atoms with van der Waals surface area (Å²) in [4.78, 5) is 21.1. The molecule has 0 saturated carbocycles. The number of anilines is 1. The molecule has 5 heteroatoms. The van der Waals surface area contributed by atoms with Crippen molar-refractivity contribution in [2.45, 2.75) is 26.7 Å². The van der Waals surface area contributed by atoms with Gasteiger partial charge in [0.15, 0.2) is 0 Å². The lowest BCUT2D eigenvalue weighted by atomic mass is 10.00. The Morgan fingerprint density at radius 3 is 3.04 bits per heavy atom. The van der Waals surface area contributed by atoms with Gasteiger partial charge in [0.25, 0.3) is 5.91 Å². The van der Waals surface area contributed by atoms with Gasteiger partial charge in [-0.2, -0.15) is 0 Å². The Bertz CT molecular complexity index is 947. The molecule has 1 saturated heterocycles. The molecule has 3 heterocycles. The number of para-hydroxylation sites is 1. The van der Waals surface area contributed by atoms with E-state index in [2.05, 4.69) is 26.0 Å². The van der Waals surface area contributed by atoms with Crippen LogP contribution in [0.5, 0.6) is 0 Å². The van der Waals surface area contributed by atoms with Crippen LogP contribution < -0.4 is 5.73 Å². The zero-order valence-electron chi connectivity index (χ0n) is 14.0. The van der Waals surface area contributed by atoms with Gasteiger partial charge in [0.1, 0.15) is 9.71 Å². The normalized spacial score (nSPS) is 18.4. The van der Waals surface area contributed by atoms with E-state index in [1.807, 2.05) is 17.0 Å². The van der Waals surface area contributed by atoms with E-state index in [4.69, 9.17) is 10.7 Å². The van der Waals surface area contributed by atoms with Crippen LogP contribution in [0.3, 0.4) is 0 Å². The van der Waals surface area contributed by atoms with Gasteiger partial charge in [-0.15, -0.1) is 11.3 Å². The van der Waals surface area contributed by atoms with Crippen LogP contribution in [0.15, 0.2) is 24.3 Å². The lowest BCUT2D eigenvalue weighted by Gasteiger charge is -2.30. The topological polar surface area (TPSA) is 59.2 Å². The highest BCUT2D eigenvalue weighted by Crippen LogP contribution is 2.36. The van der Waals surface area contributed by atoms with E-state index in [1.165, 1.54) is 17.8 Å². The molecule has 4 rings (SSSR count). The summed E-state index contributed by atoms with van der Waals surface area (Å²) in [5.74, 6) is 0.615. The summed E-state index contributed by atoms with van der Waals surface area (Å²) in [5, 5.41) is 1.96. The Kier molecular flexibility index (Phi) is 3.68. The Labute approximate surface area is 145 Å². The van der Waals surface area contributed by atoms with Gasteiger partial charge in [0.2, 0.25) is 0 Å². The first-order valence-corrected chi connectivity index (χ1v) is 9.24. The number of hydrogen-bond donors (Lipinski definition) is 1. The van der Waals surface area contributed by atoms with Gasteiger partial charge in [-0.05, 0) is 37.3 Å². The van der Waals surface area contributed by atoms with E-state index in [-0.39, 0.29) is 5.91 Å². The lowest BCUT2D eigenvalue weighted by molar-refractivity contribution is 0.0689. The van der Waals surface area contributed by atoms with Gasteiger partial charge in [0.05, 0.1) is 11.2 Å². The molecule has 24 heavy (non-hydrogen) atoms. The van der Waals surface area contributed by atoms with Crippen molar-refractivity contribution in [3.05, 3.63) is 34.7 Å². The van der Waals surface area contributed by atoms with E-state index in [0.29, 0.717) is 16.5 Å². The molecule has 1 amide bonds. The smallest absolute Gasteiger partial charge is 0.266 e. The number of carbonyl (C=O) groups is 1. The molecule has 0 unspecified atom stereocenters. The first kappa shape index (κ1) is 15.4. The second kappa shape index (κ2) is 5.74. The van der Waals surface area contributed by atoms with Crippen molar-refractivity contribution in [3.8, 4) is 0 Å². The quantitative estimate of drug-likeness (QED) is 0.722. The number of aryl methyl sites for hydroxylation is 1. The van der Waals surface area contributed by atoms with Crippen molar-refractivity contribution in [2.75, 3.05) is 18.8 Å². The average Bonchev–Trinajstić information content (AvgIpc) is 2.89. The number of nitrogens with two attached hydrogens (primary N) is 1. The molecule has 1 aromatic carbocycles. The third kappa shape index (κ3) is 2.44. The zero-order chi connectivity index (χ0) is 16.8. The van der Waals surface area contributed by atoms with Crippen molar-refractivity contribution in [3.63, 3.8) is 0 Å².